The van der Waals surface area contributed by atoms with Crippen molar-refractivity contribution < 1.29 is 4.74 Å². The van der Waals surface area contributed by atoms with Gasteiger partial charge in [-0.2, -0.15) is 5.26 Å². The number of nitriles is 1. The molecule has 1 aromatic rings. The van der Waals surface area contributed by atoms with Gasteiger partial charge in [0.1, 0.15) is 5.54 Å². The van der Waals surface area contributed by atoms with Gasteiger partial charge in [0.15, 0.2) is 0 Å². The van der Waals surface area contributed by atoms with E-state index in [4.69, 9.17) is 4.74 Å². The lowest BCUT2D eigenvalue weighted by Crippen LogP contribution is -2.36. The first-order valence-electron chi connectivity index (χ1n) is 6.08. The van der Waals surface area contributed by atoms with E-state index < -0.39 is 5.54 Å². The van der Waals surface area contributed by atoms with Gasteiger partial charge in [-0.05, 0) is 37.5 Å². The summed E-state index contributed by atoms with van der Waals surface area (Å²) in [5.41, 5.74) is 1.76. The first-order chi connectivity index (χ1) is 8.24. The molecular formula is C14H18N2O. The molecule has 2 rings (SSSR count). The maximum Gasteiger partial charge on any atom is 0.127 e. The van der Waals surface area contributed by atoms with E-state index >= 15 is 0 Å². The Bertz CT molecular complexity index is 414. The van der Waals surface area contributed by atoms with Gasteiger partial charge in [0.05, 0.1) is 6.07 Å². The fourth-order valence-electron chi connectivity index (χ4n) is 2.21. The summed E-state index contributed by atoms with van der Waals surface area (Å²) in [5, 5.41) is 12.8. The molecule has 1 unspecified atom stereocenters. The second-order valence-electron chi connectivity index (χ2n) is 4.65. The third-order valence-electron chi connectivity index (χ3n) is 3.18. The van der Waals surface area contributed by atoms with Crippen molar-refractivity contribution in [2.24, 2.45) is 0 Å². The van der Waals surface area contributed by atoms with Gasteiger partial charge in [0.25, 0.3) is 0 Å². The van der Waals surface area contributed by atoms with Gasteiger partial charge in [0, 0.05) is 25.3 Å². The highest BCUT2D eigenvalue weighted by Gasteiger charge is 2.30. The molecule has 3 heteroatoms. The predicted octanol–water partition coefficient (Wildman–Crippen LogP) is 2.87. The first kappa shape index (κ1) is 11.9. The van der Waals surface area contributed by atoms with Crippen molar-refractivity contribution in [1.82, 2.24) is 0 Å². The number of hydrogen-bond acceptors (Lipinski definition) is 3. The van der Waals surface area contributed by atoms with E-state index in [1.165, 1.54) is 5.56 Å². The second kappa shape index (κ2) is 5.20. The van der Waals surface area contributed by atoms with Crippen LogP contribution in [0.1, 0.15) is 24.8 Å². The lowest BCUT2D eigenvalue weighted by molar-refractivity contribution is 0.142. The van der Waals surface area contributed by atoms with Crippen LogP contribution in [0, 0.1) is 18.3 Å². The van der Waals surface area contributed by atoms with Crippen molar-refractivity contribution >= 4 is 5.69 Å². The molecule has 1 N–H and O–H groups in total. The number of anilines is 1. The van der Waals surface area contributed by atoms with Crippen molar-refractivity contribution in [3.63, 3.8) is 0 Å². The topological polar surface area (TPSA) is 45.0 Å². The number of aryl methyl sites for hydroxylation is 1. The van der Waals surface area contributed by atoms with Crippen LogP contribution in [0.4, 0.5) is 5.69 Å². The Morgan fingerprint density at radius 3 is 3.00 bits per heavy atom. The number of nitrogens with one attached hydrogen (secondary N) is 1. The van der Waals surface area contributed by atoms with Gasteiger partial charge in [-0.3, -0.25) is 0 Å². The van der Waals surface area contributed by atoms with Crippen LogP contribution in [0.25, 0.3) is 0 Å². The third-order valence-corrected chi connectivity index (χ3v) is 3.18. The van der Waals surface area contributed by atoms with Gasteiger partial charge >= 0.3 is 0 Å². The Labute approximate surface area is 102 Å². The molecular weight excluding hydrogens is 212 g/mol. The van der Waals surface area contributed by atoms with E-state index in [1.807, 2.05) is 12.1 Å². The summed E-state index contributed by atoms with van der Waals surface area (Å²) in [6, 6.07) is 10.6. The van der Waals surface area contributed by atoms with E-state index in [9.17, 15) is 5.26 Å². The Kier molecular flexibility index (Phi) is 3.65. The van der Waals surface area contributed by atoms with E-state index in [1.54, 1.807) is 0 Å². The molecule has 0 spiro atoms. The maximum atomic E-state index is 9.43. The second-order valence-corrected chi connectivity index (χ2v) is 4.65. The minimum absolute atomic E-state index is 0.468. The van der Waals surface area contributed by atoms with E-state index in [0.717, 1.165) is 31.6 Å². The average molecular weight is 230 g/mol. The highest BCUT2D eigenvalue weighted by atomic mass is 16.5. The van der Waals surface area contributed by atoms with Crippen LogP contribution in [0.3, 0.4) is 0 Å². The minimum atomic E-state index is -0.468. The molecule has 0 radical (unpaired) electrons. The summed E-state index contributed by atoms with van der Waals surface area (Å²) < 4.78 is 5.42. The summed E-state index contributed by atoms with van der Waals surface area (Å²) in [6.45, 7) is 3.48. The summed E-state index contributed by atoms with van der Waals surface area (Å²) in [4.78, 5) is 0. The molecule has 0 amide bonds. The lowest BCUT2D eigenvalue weighted by atomic mass is 9.92. The molecule has 0 aromatic heterocycles. The van der Waals surface area contributed by atoms with Gasteiger partial charge in [0.2, 0.25) is 0 Å². The van der Waals surface area contributed by atoms with Crippen LogP contribution >= 0.6 is 0 Å². The predicted molar refractivity (Wildman–Crippen MR) is 67.8 cm³/mol. The van der Waals surface area contributed by atoms with E-state index in [2.05, 4.69) is 30.4 Å². The molecule has 1 atom stereocenters. The molecule has 1 saturated heterocycles. The third kappa shape index (κ3) is 2.98. The lowest BCUT2D eigenvalue weighted by Gasteiger charge is -2.27. The Hall–Kier alpha value is -1.53. The molecule has 1 heterocycles. The fraction of sp³-hybridized carbons (Fsp3) is 0.500. The Morgan fingerprint density at radius 1 is 1.35 bits per heavy atom. The highest BCUT2D eigenvalue weighted by Crippen LogP contribution is 2.26. The molecule has 90 valence electrons. The first-order valence-corrected chi connectivity index (χ1v) is 6.08. The maximum absolute atomic E-state index is 9.43. The van der Waals surface area contributed by atoms with Crippen molar-refractivity contribution in [3.05, 3.63) is 29.8 Å². The highest BCUT2D eigenvalue weighted by molar-refractivity contribution is 5.49. The zero-order valence-corrected chi connectivity index (χ0v) is 10.2. The molecule has 3 nitrogen and oxygen atoms in total. The molecule has 0 aliphatic carbocycles. The van der Waals surface area contributed by atoms with E-state index in [-0.39, 0.29) is 0 Å². The van der Waals surface area contributed by atoms with Crippen LogP contribution in [-0.4, -0.2) is 18.8 Å². The van der Waals surface area contributed by atoms with Crippen LogP contribution in [-0.2, 0) is 4.74 Å². The normalized spacial score (nSPS) is 24.7. The van der Waals surface area contributed by atoms with Crippen LogP contribution in [0.2, 0.25) is 0 Å². The molecule has 1 fully saturated rings. The minimum Gasteiger partial charge on any atom is -0.381 e. The zero-order valence-electron chi connectivity index (χ0n) is 10.2. The fourth-order valence-corrected chi connectivity index (χ4v) is 2.21. The van der Waals surface area contributed by atoms with E-state index in [0.29, 0.717) is 6.61 Å². The number of ether oxygens (including phenoxy) is 1. The van der Waals surface area contributed by atoms with Crippen molar-refractivity contribution in [1.29, 1.82) is 5.26 Å². The van der Waals surface area contributed by atoms with Crippen LogP contribution in [0.5, 0.6) is 0 Å². The summed E-state index contributed by atoms with van der Waals surface area (Å²) in [5.74, 6) is 0. The van der Waals surface area contributed by atoms with Crippen molar-refractivity contribution in [3.8, 4) is 6.07 Å². The van der Waals surface area contributed by atoms with Gasteiger partial charge in [-0.1, -0.05) is 12.1 Å². The van der Waals surface area contributed by atoms with Crippen molar-refractivity contribution in [2.75, 3.05) is 18.5 Å². The standard InChI is InChI=1S/C14H18N2O/c1-12-4-2-5-13(10-12)16-14(11-15)6-3-8-17-9-7-14/h2,4-5,10,16H,3,6-9H2,1H3. The number of rotatable bonds is 2. The quantitative estimate of drug-likeness (QED) is 0.849. The van der Waals surface area contributed by atoms with Gasteiger partial charge in [-0.25, -0.2) is 0 Å². The zero-order chi connectivity index (χ0) is 12.1. The van der Waals surface area contributed by atoms with Gasteiger partial charge < -0.3 is 10.1 Å². The number of hydrogen-bond donors (Lipinski definition) is 1. The number of nitrogens with zero attached hydrogens (tertiary/aromatic N) is 1. The molecule has 0 bridgehead atoms. The molecule has 1 aromatic carbocycles. The molecule has 1 aliphatic rings. The number of benzene rings is 1. The smallest absolute Gasteiger partial charge is 0.127 e. The summed E-state index contributed by atoms with van der Waals surface area (Å²) >= 11 is 0. The SMILES string of the molecule is Cc1cccc(NC2(C#N)CCCOCC2)c1. The largest absolute Gasteiger partial charge is 0.381 e. The Balaban J connectivity index is 2.16. The van der Waals surface area contributed by atoms with Crippen LogP contribution < -0.4 is 5.32 Å². The Morgan fingerprint density at radius 2 is 2.24 bits per heavy atom. The summed E-state index contributed by atoms with van der Waals surface area (Å²) in [6.07, 6.45) is 2.53. The molecule has 17 heavy (non-hydrogen) atoms. The molecule has 1 aliphatic heterocycles. The van der Waals surface area contributed by atoms with Crippen LogP contribution in [0.15, 0.2) is 24.3 Å². The summed E-state index contributed by atoms with van der Waals surface area (Å²) in [7, 11) is 0. The van der Waals surface area contributed by atoms with Gasteiger partial charge in [-0.15, -0.1) is 0 Å². The van der Waals surface area contributed by atoms with Crippen molar-refractivity contribution in [2.45, 2.75) is 31.7 Å². The average Bonchev–Trinajstić information content (AvgIpc) is 2.55. The molecule has 0 saturated carbocycles. The monoisotopic (exact) mass is 230 g/mol.